The largest absolute Gasteiger partial charge is 0.311 e. The summed E-state index contributed by atoms with van der Waals surface area (Å²) in [6.07, 6.45) is 1.75. The minimum Gasteiger partial charge on any atom is -0.311 e. The standard InChI is InChI=1S/C11H17N3OS/c1-7(12-2)10-13-9-4-6-16-5-3-8(9)11(15)14-10/h7,12H,3-6H2,1-2H3,(H,13,14,15). The van der Waals surface area contributed by atoms with E-state index in [9.17, 15) is 4.79 Å². The quantitative estimate of drug-likeness (QED) is 0.804. The molecule has 1 aliphatic heterocycles. The zero-order chi connectivity index (χ0) is 11.5. The van der Waals surface area contributed by atoms with E-state index >= 15 is 0 Å². The number of hydrogen-bond acceptors (Lipinski definition) is 4. The molecule has 5 heteroatoms. The number of nitrogens with zero attached hydrogens (tertiary/aromatic N) is 1. The van der Waals surface area contributed by atoms with Crippen molar-refractivity contribution in [2.24, 2.45) is 0 Å². The second-order valence-electron chi connectivity index (χ2n) is 4.00. The van der Waals surface area contributed by atoms with Gasteiger partial charge in [0.25, 0.3) is 5.56 Å². The van der Waals surface area contributed by atoms with E-state index in [-0.39, 0.29) is 11.6 Å². The van der Waals surface area contributed by atoms with Crippen LogP contribution in [-0.2, 0) is 12.8 Å². The number of nitrogens with one attached hydrogen (secondary N) is 2. The normalized spacial score (nSPS) is 17.6. The molecule has 0 saturated heterocycles. The lowest BCUT2D eigenvalue weighted by Gasteiger charge is -2.12. The first-order valence-corrected chi connectivity index (χ1v) is 6.75. The van der Waals surface area contributed by atoms with Gasteiger partial charge >= 0.3 is 0 Å². The number of aryl methyl sites for hydroxylation is 1. The van der Waals surface area contributed by atoms with Crippen molar-refractivity contribution in [1.82, 2.24) is 15.3 Å². The van der Waals surface area contributed by atoms with Crippen LogP contribution in [-0.4, -0.2) is 28.5 Å². The molecule has 4 nitrogen and oxygen atoms in total. The highest BCUT2D eigenvalue weighted by Crippen LogP contribution is 2.16. The molecule has 2 rings (SSSR count). The molecular formula is C11H17N3OS. The molecule has 0 spiro atoms. The van der Waals surface area contributed by atoms with Crippen LogP contribution in [0, 0.1) is 0 Å². The minimum atomic E-state index is 0.0459. The first kappa shape index (κ1) is 11.7. The third-order valence-corrected chi connectivity index (χ3v) is 3.93. The molecule has 0 bridgehead atoms. The maximum atomic E-state index is 11.9. The summed E-state index contributed by atoms with van der Waals surface area (Å²) in [5, 5.41) is 3.09. The monoisotopic (exact) mass is 239 g/mol. The van der Waals surface area contributed by atoms with Gasteiger partial charge in [0.1, 0.15) is 5.82 Å². The number of rotatable bonds is 2. The van der Waals surface area contributed by atoms with E-state index in [1.165, 1.54) is 0 Å². The Labute approximate surface area is 99.3 Å². The number of aromatic amines is 1. The molecule has 0 fully saturated rings. The molecule has 1 aliphatic rings. The van der Waals surface area contributed by atoms with Gasteiger partial charge in [0.2, 0.25) is 0 Å². The molecule has 1 atom stereocenters. The van der Waals surface area contributed by atoms with Crippen LogP contribution < -0.4 is 10.9 Å². The van der Waals surface area contributed by atoms with Crippen molar-refractivity contribution in [3.63, 3.8) is 0 Å². The number of aromatic nitrogens is 2. The van der Waals surface area contributed by atoms with E-state index in [0.717, 1.165) is 41.4 Å². The zero-order valence-corrected chi connectivity index (χ0v) is 10.5. The van der Waals surface area contributed by atoms with Crippen molar-refractivity contribution in [2.75, 3.05) is 18.6 Å². The molecule has 88 valence electrons. The lowest BCUT2D eigenvalue weighted by Crippen LogP contribution is -2.25. The summed E-state index contributed by atoms with van der Waals surface area (Å²) < 4.78 is 0. The van der Waals surface area contributed by atoms with E-state index in [1.54, 1.807) is 0 Å². The van der Waals surface area contributed by atoms with Gasteiger partial charge in [-0.15, -0.1) is 0 Å². The van der Waals surface area contributed by atoms with Gasteiger partial charge in [-0.05, 0) is 38.3 Å². The average molecular weight is 239 g/mol. The highest BCUT2D eigenvalue weighted by Gasteiger charge is 2.16. The summed E-state index contributed by atoms with van der Waals surface area (Å²) in [4.78, 5) is 19.4. The maximum Gasteiger partial charge on any atom is 0.254 e. The summed E-state index contributed by atoms with van der Waals surface area (Å²) in [5.41, 5.74) is 1.92. The Morgan fingerprint density at radius 2 is 2.19 bits per heavy atom. The van der Waals surface area contributed by atoms with Crippen LogP contribution in [0.5, 0.6) is 0 Å². The van der Waals surface area contributed by atoms with E-state index in [1.807, 2.05) is 25.7 Å². The fourth-order valence-corrected chi connectivity index (χ4v) is 2.71. The van der Waals surface area contributed by atoms with Crippen LogP contribution in [0.25, 0.3) is 0 Å². The second kappa shape index (κ2) is 5.01. The molecule has 0 aliphatic carbocycles. The Kier molecular flexibility index (Phi) is 3.66. The average Bonchev–Trinajstić information content (AvgIpc) is 2.53. The molecule has 2 N–H and O–H groups in total. The van der Waals surface area contributed by atoms with Crippen LogP contribution in [0.15, 0.2) is 4.79 Å². The van der Waals surface area contributed by atoms with Crippen molar-refractivity contribution in [2.45, 2.75) is 25.8 Å². The molecular weight excluding hydrogens is 222 g/mol. The Hall–Kier alpha value is -0.810. The van der Waals surface area contributed by atoms with Gasteiger partial charge in [-0.1, -0.05) is 0 Å². The third kappa shape index (κ3) is 2.30. The third-order valence-electron chi connectivity index (χ3n) is 2.94. The SMILES string of the molecule is CNC(C)c1nc2c(c(=O)[nH]1)CCSCC2. The molecule has 0 radical (unpaired) electrons. The summed E-state index contributed by atoms with van der Waals surface area (Å²) in [6.45, 7) is 2.00. The van der Waals surface area contributed by atoms with Crippen molar-refractivity contribution < 1.29 is 0 Å². The molecule has 0 amide bonds. The van der Waals surface area contributed by atoms with Gasteiger partial charge < -0.3 is 10.3 Å². The lowest BCUT2D eigenvalue weighted by molar-refractivity contribution is 0.601. The van der Waals surface area contributed by atoms with Crippen LogP contribution in [0.3, 0.4) is 0 Å². The number of fused-ring (bicyclic) bond motifs is 1. The van der Waals surface area contributed by atoms with Gasteiger partial charge in [-0.2, -0.15) is 11.8 Å². The van der Waals surface area contributed by atoms with Gasteiger partial charge in [0, 0.05) is 5.56 Å². The van der Waals surface area contributed by atoms with Crippen LogP contribution >= 0.6 is 11.8 Å². The van der Waals surface area contributed by atoms with Gasteiger partial charge in [0.15, 0.2) is 0 Å². The highest BCUT2D eigenvalue weighted by molar-refractivity contribution is 7.99. The fourth-order valence-electron chi connectivity index (χ4n) is 1.82. The Morgan fingerprint density at radius 3 is 2.94 bits per heavy atom. The zero-order valence-electron chi connectivity index (χ0n) is 9.67. The van der Waals surface area contributed by atoms with Crippen molar-refractivity contribution in [3.8, 4) is 0 Å². The number of H-pyrrole nitrogens is 1. The lowest BCUT2D eigenvalue weighted by atomic mass is 10.1. The van der Waals surface area contributed by atoms with Crippen molar-refractivity contribution in [3.05, 3.63) is 27.4 Å². The molecule has 2 heterocycles. The molecule has 0 aromatic carbocycles. The molecule has 0 saturated carbocycles. The smallest absolute Gasteiger partial charge is 0.254 e. The first-order valence-electron chi connectivity index (χ1n) is 5.59. The van der Waals surface area contributed by atoms with E-state index in [0.29, 0.717) is 0 Å². The van der Waals surface area contributed by atoms with Gasteiger partial charge in [-0.3, -0.25) is 4.79 Å². The molecule has 16 heavy (non-hydrogen) atoms. The molecule has 1 aromatic heterocycles. The predicted molar refractivity (Wildman–Crippen MR) is 67.1 cm³/mol. The number of thioether (sulfide) groups is 1. The summed E-state index contributed by atoms with van der Waals surface area (Å²) in [7, 11) is 1.87. The van der Waals surface area contributed by atoms with Crippen molar-refractivity contribution >= 4 is 11.8 Å². The van der Waals surface area contributed by atoms with Gasteiger partial charge in [0.05, 0.1) is 11.7 Å². The first-order chi connectivity index (χ1) is 7.72. The molecule has 1 aromatic rings. The van der Waals surface area contributed by atoms with Gasteiger partial charge in [-0.25, -0.2) is 4.98 Å². The minimum absolute atomic E-state index is 0.0459. The van der Waals surface area contributed by atoms with Crippen LogP contribution in [0.2, 0.25) is 0 Å². The van der Waals surface area contributed by atoms with E-state index in [2.05, 4.69) is 15.3 Å². The Bertz CT molecular complexity index is 430. The summed E-state index contributed by atoms with van der Waals surface area (Å²) in [6, 6.07) is 0.0916. The Morgan fingerprint density at radius 1 is 1.44 bits per heavy atom. The topological polar surface area (TPSA) is 57.8 Å². The highest BCUT2D eigenvalue weighted by atomic mass is 32.2. The van der Waals surface area contributed by atoms with E-state index in [4.69, 9.17) is 0 Å². The summed E-state index contributed by atoms with van der Waals surface area (Å²) in [5.74, 6) is 2.84. The van der Waals surface area contributed by atoms with E-state index < -0.39 is 0 Å². The maximum absolute atomic E-state index is 11.9. The fraction of sp³-hybridized carbons (Fsp3) is 0.636. The van der Waals surface area contributed by atoms with Crippen molar-refractivity contribution in [1.29, 1.82) is 0 Å². The Balaban J connectivity index is 2.43. The van der Waals surface area contributed by atoms with Crippen LogP contribution in [0.1, 0.15) is 30.0 Å². The predicted octanol–water partition coefficient (Wildman–Crippen LogP) is 0.882. The molecule has 1 unspecified atom stereocenters. The summed E-state index contributed by atoms with van der Waals surface area (Å²) >= 11 is 1.89. The second-order valence-corrected chi connectivity index (χ2v) is 5.22. The van der Waals surface area contributed by atoms with Crippen LogP contribution in [0.4, 0.5) is 0 Å². The number of hydrogen-bond donors (Lipinski definition) is 2.